The highest BCUT2D eigenvalue weighted by Crippen LogP contribution is 2.34. The lowest BCUT2D eigenvalue weighted by atomic mass is 9.85. The molecule has 1 aromatic rings. The summed E-state index contributed by atoms with van der Waals surface area (Å²) >= 11 is 0. The van der Waals surface area contributed by atoms with Crippen LogP contribution in [0.5, 0.6) is 11.5 Å². The number of hydrogen-bond donors (Lipinski definition) is 2. The van der Waals surface area contributed by atoms with E-state index in [1.807, 2.05) is 0 Å². The topological polar surface area (TPSA) is 138 Å². The zero-order valence-corrected chi connectivity index (χ0v) is 19.3. The summed E-state index contributed by atoms with van der Waals surface area (Å²) in [6.45, 7) is 5.94. The largest absolute Gasteiger partial charge is 0.463 e. The third kappa shape index (κ3) is 5.30. The average molecular weight is 474 g/mol. The highest BCUT2D eigenvalue weighted by molar-refractivity contribution is 6.06. The molecule has 1 amide bonds. The van der Waals surface area contributed by atoms with Crippen LogP contribution in [0.3, 0.4) is 0 Å². The number of dihydropyridines is 1. The lowest BCUT2D eigenvalue weighted by Gasteiger charge is -2.28. The van der Waals surface area contributed by atoms with Gasteiger partial charge in [0.1, 0.15) is 5.92 Å². The number of amides is 1. The predicted octanol–water partition coefficient (Wildman–Crippen LogP) is 1.79. The Bertz CT molecular complexity index is 1030. The van der Waals surface area contributed by atoms with Crippen LogP contribution in [-0.4, -0.2) is 50.4 Å². The van der Waals surface area contributed by atoms with Gasteiger partial charge in [-0.05, 0) is 39.8 Å². The van der Waals surface area contributed by atoms with Crippen LogP contribution in [0.15, 0.2) is 40.7 Å². The van der Waals surface area contributed by atoms with Gasteiger partial charge in [-0.15, -0.1) is 0 Å². The standard InChI is InChI=1S/C23H26N2O9/c1-5-30-21(27)18-12(3)24-13(4)19(22(28)31-6-2)20(18)23(29)32-10-17(26)25-14-7-8-15-16(9-14)34-11-33-15/h7-9,20,24H,5-6,10-11H2,1-4H3,(H,25,26). The molecular formula is C23H26N2O9. The first-order chi connectivity index (χ1) is 16.3. The average Bonchev–Trinajstić information content (AvgIpc) is 3.25. The Labute approximate surface area is 196 Å². The second-order valence-corrected chi connectivity index (χ2v) is 7.30. The molecule has 2 aliphatic heterocycles. The summed E-state index contributed by atoms with van der Waals surface area (Å²) in [5, 5.41) is 5.49. The van der Waals surface area contributed by atoms with Gasteiger partial charge in [-0.1, -0.05) is 0 Å². The number of ether oxygens (including phenoxy) is 5. The van der Waals surface area contributed by atoms with Gasteiger partial charge in [0.05, 0.1) is 24.4 Å². The van der Waals surface area contributed by atoms with Crippen LogP contribution < -0.4 is 20.1 Å². The zero-order valence-electron chi connectivity index (χ0n) is 19.3. The summed E-state index contributed by atoms with van der Waals surface area (Å²) in [6.07, 6.45) is 0. The maximum absolute atomic E-state index is 13.1. The molecule has 0 aromatic heterocycles. The fourth-order valence-corrected chi connectivity index (χ4v) is 3.58. The van der Waals surface area contributed by atoms with Crippen molar-refractivity contribution in [3.8, 4) is 11.5 Å². The molecule has 182 valence electrons. The molecule has 2 aliphatic rings. The SMILES string of the molecule is CCOC(=O)C1=C(C)NC(C)=C(C(=O)OCC)C1C(=O)OCC(=O)Nc1ccc2c(c1)OCO2. The Kier molecular flexibility index (Phi) is 7.77. The van der Waals surface area contributed by atoms with Gasteiger partial charge in [-0.3, -0.25) is 9.59 Å². The fourth-order valence-electron chi connectivity index (χ4n) is 3.58. The van der Waals surface area contributed by atoms with E-state index in [4.69, 9.17) is 23.7 Å². The second kappa shape index (κ2) is 10.7. The van der Waals surface area contributed by atoms with Gasteiger partial charge >= 0.3 is 17.9 Å². The van der Waals surface area contributed by atoms with E-state index in [2.05, 4.69) is 10.6 Å². The number of benzene rings is 1. The van der Waals surface area contributed by atoms with Gasteiger partial charge in [-0.2, -0.15) is 0 Å². The van der Waals surface area contributed by atoms with Crippen LogP contribution in [0.2, 0.25) is 0 Å². The minimum Gasteiger partial charge on any atom is -0.463 e. The molecule has 0 spiro atoms. The van der Waals surface area contributed by atoms with Crippen molar-refractivity contribution in [1.82, 2.24) is 5.32 Å². The van der Waals surface area contributed by atoms with Crippen molar-refractivity contribution >= 4 is 29.5 Å². The smallest absolute Gasteiger partial charge is 0.337 e. The number of fused-ring (bicyclic) bond motifs is 1. The van der Waals surface area contributed by atoms with Gasteiger partial charge in [-0.25, -0.2) is 9.59 Å². The molecule has 34 heavy (non-hydrogen) atoms. The van der Waals surface area contributed by atoms with Gasteiger partial charge in [0, 0.05) is 23.1 Å². The number of nitrogens with one attached hydrogen (secondary N) is 2. The molecule has 0 atom stereocenters. The Hall–Kier alpha value is -4.02. The van der Waals surface area contributed by atoms with E-state index in [1.165, 1.54) is 0 Å². The molecule has 0 radical (unpaired) electrons. The van der Waals surface area contributed by atoms with E-state index >= 15 is 0 Å². The molecule has 0 unspecified atom stereocenters. The summed E-state index contributed by atoms with van der Waals surface area (Å²) in [7, 11) is 0. The Morgan fingerprint density at radius 3 is 2.12 bits per heavy atom. The fraction of sp³-hybridized carbons (Fsp3) is 0.391. The normalized spacial score (nSPS) is 14.9. The predicted molar refractivity (Wildman–Crippen MR) is 117 cm³/mol. The monoisotopic (exact) mass is 474 g/mol. The summed E-state index contributed by atoms with van der Waals surface area (Å²) in [5.41, 5.74) is 0.901. The second-order valence-electron chi connectivity index (χ2n) is 7.30. The van der Waals surface area contributed by atoms with Gasteiger partial charge < -0.3 is 34.3 Å². The first-order valence-electron chi connectivity index (χ1n) is 10.7. The van der Waals surface area contributed by atoms with E-state index in [0.29, 0.717) is 28.6 Å². The molecule has 2 heterocycles. The number of anilines is 1. The Morgan fingerprint density at radius 2 is 1.53 bits per heavy atom. The van der Waals surface area contributed by atoms with Crippen molar-refractivity contribution < 1.29 is 42.9 Å². The number of rotatable bonds is 8. The van der Waals surface area contributed by atoms with Crippen molar-refractivity contribution in [3.63, 3.8) is 0 Å². The Morgan fingerprint density at radius 1 is 0.941 bits per heavy atom. The molecule has 0 bridgehead atoms. The van der Waals surface area contributed by atoms with Crippen LogP contribution in [0.1, 0.15) is 27.7 Å². The third-order valence-corrected chi connectivity index (χ3v) is 4.99. The molecule has 0 aliphatic carbocycles. The molecule has 11 nitrogen and oxygen atoms in total. The van der Waals surface area contributed by atoms with Crippen molar-refractivity contribution in [2.45, 2.75) is 27.7 Å². The molecule has 0 saturated carbocycles. The van der Waals surface area contributed by atoms with E-state index in [9.17, 15) is 19.2 Å². The summed E-state index contributed by atoms with van der Waals surface area (Å²) in [4.78, 5) is 50.7. The van der Waals surface area contributed by atoms with Crippen LogP contribution in [0.25, 0.3) is 0 Å². The van der Waals surface area contributed by atoms with E-state index in [-0.39, 0.29) is 31.2 Å². The molecular weight excluding hydrogens is 448 g/mol. The lowest BCUT2D eigenvalue weighted by molar-refractivity contribution is -0.153. The van der Waals surface area contributed by atoms with E-state index < -0.39 is 36.3 Å². The summed E-state index contributed by atoms with van der Waals surface area (Å²) in [5.74, 6) is -3.55. The summed E-state index contributed by atoms with van der Waals surface area (Å²) < 4.78 is 25.8. The number of carbonyl (C=O) groups excluding carboxylic acids is 4. The van der Waals surface area contributed by atoms with Crippen LogP contribution in [0.4, 0.5) is 5.69 Å². The first-order valence-corrected chi connectivity index (χ1v) is 10.7. The first kappa shape index (κ1) is 24.6. The van der Waals surface area contributed by atoms with Crippen molar-refractivity contribution in [3.05, 3.63) is 40.7 Å². The zero-order chi connectivity index (χ0) is 24.8. The minimum atomic E-state index is -1.42. The number of carbonyl (C=O) groups is 4. The van der Waals surface area contributed by atoms with E-state index in [1.54, 1.807) is 45.9 Å². The molecule has 0 saturated heterocycles. The van der Waals surface area contributed by atoms with Crippen LogP contribution >= 0.6 is 0 Å². The molecule has 1 aromatic carbocycles. The maximum Gasteiger partial charge on any atom is 0.337 e. The van der Waals surface area contributed by atoms with Gasteiger partial charge in [0.2, 0.25) is 6.79 Å². The highest BCUT2D eigenvalue weighted by Gasteiger charge is 2.42. The maximum atomic E-state index is 13.1. The summed E-state index contributed by atoms with van der Waals surface area (Å²) in [6, 6.07) is 4.82. The number of esters is 3. The van der Waals surface area contributed by atoms with Gasteiger partial charge in [0.15, 0.2) is 18.1 Å². The van der Waals surface area contributed by atoms with Crippen LogP contribution in [-0.2, 0) is 33.4 Å². The highest BCUT2D eigenvalue weighted by atomic mass is 16.7. The van der Waals surface area contributed by atoms with Gasteiger partial charge in [0.25, 0.3) is 5.91 Å². The number of allylic oxidation sites excluding steroid dienone is 2. The van der Waals surface area contributed by atoms with Crippen molar-refractivity contribution in [1.29, 1.82) is 0 Å². The molecule has 11 heteroatoms. The molecule has 3 rings (SSSR count). The number of hydrogen-bond acceptors (Lipinski definition) is 10. The minimum absolute atomic E-state index is 0.0623. The Balaban J connectivity index is 1.77. The van der Waals surface area contributed by atoms with Crippen molar-refractivity contribution in [2.75, 3.05) is 31.9 Å². The van der Waals surface area contributed by atoms with Crippen LogP contribution in [0, 0.1) is 5.92 Å². The van der Waals surface area contributed by atoms with Crippen molar-refractivity contribution in [2.24, 2.45) is 5.92 Å². The third-order valence-electron chi connectivity index (χ3n) is 4.99. The molecule has 0 fully saturated rings. The lowest BCUT2D eigenvalue weighted by Crippen LogP contribution is -2.39. The molecule has 2 N–H and O–H groups in total. The van der Waals surface area contributed by atoms with E-state index in [0.717, 1.165) is 0 Å². The quantitative estimate of drug-likeness (QED) is 0.423.